The molecule has 1 unspecified atom stereocenters. The van der Waals surface area contributed by atoms with Crippen LogP contribution in [0.1, 0.15) is 47.7 Å². The highest BCUT2D eigenvalue weighted by Crippen LogP contribution is 2.23. The van der Waals surface area contributed by atoms with Crippen LogP contribution in [-0.4, -0.2) is 48.2 Å². The third kappa shape index (κ3) is 6.57. The van der Waals surface area contributed by atoms with Gasteiger partial charge in [0, 0.05) is 30.6 Å². The summed E-state index contributed by atoms with van der Waals surface area (Å²) in [7, 11) is 1.61. The summed E-state index contributed by atoms with van der Waals surface area (Å²) in [5.74, 6) is -0.253. The molecule has 1 heterocycles. The number of hydrogen-bond donors (Lipinski definition) is 4. The van der Waals surface area contributed by atoms with E-state index in [0.717, 1.165) is 28.5 Å². The van der Waals surface area contributed by atoms with Crippen LogP contribution in [0.25, 0.3) is 10.9 Å². The molecule has 0 radical (unpaired) electrons. The van der Waals surface area contributed by atoms with Gasteiger partial charge in [-0.15, -0.1) is 0 Å². The van der Waals surface area contributed by atoms with Crippen LogP contribution in [0.3, 0.4) is 0 Å². The van der Waals surface area contributed by atoms with Crippen LogP contribution in [0.5, 0.6) is 5.75 Å². The number of aliphatic hydroxyl groups excluding tert-OH is 1. The highest BCUT2D eigenvalue weighted by Gasteiger charge is 2.19. The molecule has 0 saturated heterocycles. The highest BCUT2D eigenvalue weighted by molar-refractivity contribution is 5.97. The minimum absolute atomic E-state index is 0.0242. The molecule has 0 aliphatic heterocycles. The molecule has 8 heteroatoms. The standard InChI is InChI=1S/C26H32FN3O4/c1-3-11-34-24-10-7-17(5-4-6-25(32)28-2)12-22(24)26(33)30-20(16-31)13-18-15-29-23-9-8-19(27)14-21(18)23/h7-10,12,14-15,20,29,31H,3-6,11,13,16H2,1-2H3,(H,28,32)(H,30,33). The summed E-state index contributed by atoms with van der Waals surface area (Å²) in [4.78, 5) is 27.8. The first kappa shape index (κ1) is 25.2. The van der Waals surface area contributed by atoms with Gasteiger partial charge >= 0.3 is 0 Å². The third-order valence-corrected chi connectivity index (χ3v) is 5.65. The lowest BCUT2D eigenvalue weighted by Crippen LogP contribution is -2.39. The fourth-order valence-corrected chi connectivity index (χ4v) is 3.84. The van der Waals surface area contributed by atoms with E-state index < -0.39 is 6.04 Å². The average molecular weight is 470 g/mol. The van der Waals surface area contributed by atoms with Gasteiger partial charge in [0.1, 0.15) is 11.6 Å². The van der Waals surface area contributed by atoms with Gasteiger partial charge in [-0.25, -0.2) is 4.39 Å². The Bertz CT molecular complexity index is 1130. The fourth-order valence-electron chi connectivity index (χ4n) is 3.84. The number of rotatable bonds is 12. The van der Waals surface area contributed by atoms with E-state index in [4.69, 9.17) is 4.74 Å². The molecule has 2 aromatic carbocycles. The SMILES string of the molecule is CCCOc1ccc(CCCC(=O)NC)cc1C(=O)NC(CO)Cc1c[nH]c2ccc(F)cc12. The molecule has 7 nitrogen and oxygen atoms in total. The number of halogens is 1. The van der Waals surface area contributed by atoms with Gasteiger partial charge in [0.25, 0.3) is 5.91 Å². The van der Waals surface area contributed by atoms with Crippen molar-refractivity contribution >= 4 is 22.7 Å². The molecule has 3 aromatic rings. The van der Waals surface area contributed by atoms with E-state index in [-0.39, 0.29) is 24.2 Å². The fraction of sp³-hybridized carbons (Fsp3) is 0.385. The van der Waals surface area contributed by atoms with Crippen LogP contribution in [0.4, 0.5) is 4.39 Å². The minimum Gasteiger partial charge on any atom is -0.493 e. The van der Waals surface area contributed by atoms with Crippen LogP contribution >= 0.6 is 0 Å². The normalized spacial score (nSPS) is 11.9. The number of benzene rings is 2. The lowest BCUT2D eigenvalue weighted by Gasteiger charge is -2.18. The molecule has 2 amide bonds. The molecule has 34 heavy (non-hydrogen) atoms. The first-order chi connectivity index (χ1) is 16.4. The maximum absolute atomic E-state index is 13.7. The molecule has 1 aromatic heterocycles. The number of nitrogens with one attached hydrogen (secondary N) is 3. The van der Waals surface area contributed by atoms with Gasteiger partial charge in [-0.05, 0) is 67.1 Å². The van der Waals surface area contributed by atoms with Crippen LogP contribution in [0.15, 0.2) is 42.6 Å². The highest BCUT2D eigenvalue weighted by atomic mass is 19.1. The maximum Gasteiger partial charge on any atom is 0.255 e. The molecule has 0 saturated carbocycles. The maximum atomic E-state index is 13.7. The summed E-state index contributed by atoms with van der Waals surface area (Å²) >= 11 is 0. The number of carbonyl (C=O) groups is 2. The molecule has 0 bridgehead atoms. The summed E-state index contributed by atoms with van der Waals surface area (Å²) < 4.78 is 19.5. The van der Waals surface area contributed by atoms with Crippen molar-refractivity contribution in [3.05, 3.63) is 65.1 Å². The second kappa shape index (κ2) is 12.2. The number of aliphatic hydroxyl groups is 1. The number of hydrogen-bond acceptors (Lipinski definition) is 4. The first-order valence-electron chi connectivity index (χ1n) is 11.6. The second-order valence-electron chi connectivity index (χ2n) is 8.27. The second-order valence-corrected chi connectivity index (χ2v) is 8.27. The van der Waals surface area contributed by atoms with E-state index in [0.29, 0.717) is 43.6 Å². The van der Waals surface area contributed by atoms with Gasteiger partial charge < -0.3 is 25.5 Å². The van der Waals surface area contributed by atoms with Crippen LogP contribution in [-0.2, 0) is 17.6 Å². The van der Waals surface area contributed by atoms with E-state index in [1.165, 1.54) is 12.1 Å². The van der Waals surface area contributed by atoms with Gasteiger partial charge in [-0.3, -0.25) is 9.59 Å². The number of fused-ring (bicyclic) bond motifs is 1. The zero-order valence-electron chi connectivity index (χ0n) is 19.6. The quantitative estimate of drug-likeness (QED) is 0.326. The number of aromatic nitrogens is 1. The van der Waals surface area contributed by atoms with Crippen LogP contribution in [0.2, 0.25) is 0 Å². The van der Waals surface area contributed by atoms with Crippen molar-refractivity contribution in [3.8, 4) is 5.75 Å². The van der Waals surface area contributed by atoms with E-state index in [1.807, 2.05) is 13.0 Å². The van der Waals surface area contributed by atoms with E-state index in [1.54, 1.807) is 31.4 Å². The Morgan fingerprint density at radius 2 is 2.03 bits per heavy atom. The molecule has 0 aliphatic carbocycles. The van der Waals surface area contributed by atoms with Gasteiger partial charge in [0.2, 0.25) is 5.91 Å². The van der Waals surface area contributed by atoms with E-state index in [2.05, 4.69) is 15.6 Å². The summed E-state index contributed by atoms with van der Waals surface area (Å²) in [5, 5.41) is 16.1. The Hall–Kier alpha value is -3.39. The van der Waals surface area contributed by atoms with Crippen molar-refractivity contribution in [2.45, 2.75) is 45.1 Å². The van der Waals surface area contributed by atoms with E-state index >= 15 is 0 Å². The molecule has 0 fully saturated rings. The van der Waals surface area contributed by atoms with Crippen molar-refractivity contribution < 1.29 is 23.8 Å². The molecule has 0 aliphatic rings. The molecular weight excluding hydrogens is 437 g/mol. The predicted octanol–water partition coefficient (Wildman–Crippen LogP) is 3.50. The van der Waals surface area contributed by atoms with Gasteiger partial charge in [-0.2, -0.15) is 0 Å². The van der Waals surface area contributed by atoms with Crippen LogP contribution in [0, 0.1) is 5.82 Å². The summed E-state index contributed by atoms with van der Waals surface area (Å²) in [6.45, 7) is 2.18. The number of carbonyl (C=O) groups excluding carboxylic acids is 2. The lowest BCUT2D eigenvalue weighted by molar-refractivity contribution is -0.120. The third-order valence-electron chi connectivity index (χ3n) is 5.65. The number of H-pyrrole nitrogens is 1. The van der Waals surface area contributed by atoms with Crippen molar-refractivity contribution in [1.82, 2.24) is 15.6 Å². The topological polar surface area (TPSA) is 103 Å². The van der Waals surface area contributed by atoms with Gasteiger partial charge in [0.05, 0.1) is 24.8 Å². The summed E-state index contributed by atoms with van der Waals surface area (Å²) in [6.07, 6.45) is 4.61. The van der Waals surface area contributed by atoms with Crippen molar-refractivity contribution in [2.24, 2.45) is 0 Å². The number of aryl methyl sites for hydroxylation is 1. The summed E-state index contributed by atoms with van der Waals surface area (Å²) in [5.41, 5.74) is 2.90. The monoisotopic (exact) mass is 469 g/mol. The molecular formula is C26H32FN3O4. The molecule has 0 spiro atoms. The number of aromatic amines is 1. The van der Waals surface area contributed by atoms with Crippen LogP contribution < -0.4 is 15.4 Å². The molecule has 1 atom stereocenters. The number of ether oxygens (including phenoxy) is 1. The largest absolute Gasteiger partial charge is 0.493 e. The van der Waals surface area contributed by atoms with Gasteiger partial charge in [0.15, 0.2) is 0 Å². The minimum atomic E-state index is -0.564. The Morgan fingerprint density at radius 1 is 1.21 bits per heavy atom. The average Bonchev–Trinajstić information content (AvgIpc) is 3.23. The van der Waals surface area contributed by atoms with Gasteiger partial charge in [-0.1, -0.05) is 13.0 Å². The predicted molar refractivity (Wildman–Crippen MR) is 130 cm³/mol. The van der Waals surface area contributed by atoms with Crippen molar-refractivity contribution in [3.63, 3.8) is 0 Å². The number of amides is 2. The zero-order chi connectivity index (χ0) is 24.5. The lowest BCUT2D eigenvalue weighted by atomic mass is 10.0. The molecule has 4 N–H and O–H groups in total. The smallest absolute Gasteiger partial charge is 0.255 e. The Balaban J connectivity index is 1.75. The molecule has 182 valence electrons. The Kier molecular flexibility index (Phi) is 9.04. The molecule has 3 rings (SSSR count). The van der Waals surface area contributed by atoms with E-state index in [9.17, 15) is 19.1 Å². The Morgan fingerprint density at radius 3 is 2.76 bits per heavy atom. The zero-order valence-corrected chi connectivity index (χ0v) is 19.6. The van der Waals surface area contributed by atoms with Crippen molar-refractivity contribution in [2.75, 3.05) is 20.3 Å². The first-order valence-corrected chi connectivity index (χ1v) is 11.6. The Labute approximate surface area is 198 Å². The van der Waals surface area contributed by atoms with Crippen molar-refractivity contribution in [1.29, 1.82) is 0 Å². The summed E-state index contributed by atoms with van der Waals surface area (Å²) in [6, 6.07) is 9.37.